The number of anilines is 2. The average molecular weight is 647 g/mol. The SMILES string of the molecule is COc1cccc(C2OC(CC(=O)Nc3cccc4c(C(=O)O)cccc34)C(=O)N(CC(C)(C)CO)c3ccc(Cl)cc32)c1OC. The van der Waals surface area contributed by atoms with Crippen LogP contribution in [0.3, 0.4) is 0 Å². The van der Waals surface area contributed by atoms with E-state index in [1.54, 1.807) is 66.7 Å². The van der Waals surface area contributed by atoms with Crippen LogP contribution in [-0.2, 0) is 14.3 Å². The van der Waals surface area contributed by atoms with Crippen molar-refractivity contribution in [3.63, 3.8) is 0 Å². The van der Waals surface area contributed by atoms with Gasteiger partial charge in [0.25, 0.3) is 5.91 Å². The Balaban J connectivity index is 1.58. The van der Waals surface area contributed by atoms with E-state index in [1.807, 2.05) is 13.8 Å². The van der Waals surface area contributed by atoms with Crippen molar-refractivity contribution in [2.75, 3.05) is 37.6 Å². The lowest BCUT2D eigenvalue weighted by Crippen LogP contribution is -2.46. The third-order valence-electron chi connectivity index (χ3n) is 7.93. The number of aliphatic hydroxyl groups excluding tert-OH is 1. The number of methoxy groups -OCH3 is 2. The molecule has 4 aromatic carbocycles. The van der Waals surface area contributed by atoms with Crippen LogP contribution in [0.5, 0.6) is 11.5 Å². The van der Waals surface area contributed by atoms with Crippen LogP contribution in [0.2, 0.25) is 5.02 Å². The van der Waals surface area contributed by atoms with Gasteiger partial charge in [-0.15, -0.1) is 0 Å². The lowest BCUT2D eigenvalue weighted by atomic mass is 9.92. The highest BCUT2D eigenvalue weighted by molar-refractivity contribution is 6.30. The van der Waals surface area contributed by atoms with Crippen molar-refractivity contribution in [1.82, 2.24) is 0 Å². The number of carbonyl (C=O) groups is 3. The third kappa shape index (κ3) is 6.50. The third-order valence-corrected chi connectivity index (χ3v) is 8.17. The topological polar surface area (TPSA) is 135 Å². The Morgan fingerprint density at radius 2 is 1.70 bits per heavy atom. The molecule has 0 spiro atoms. The molecule has 11 heteroatoms. The minimum atomic E-state index is -1.27. The quantitative estimate of drug-likeness (QED) is 0.189. The van der Waals surface area contributed by atoms with Crippen molar-refractivity contribution >= 4 is 51.5 Å². The molecule has 0 saturated heterocycles. The molecule has 0 aliphatic carbocycles. The van der Waals surface area contributed by atoms with Gasteiger partial charge in [-0.3, -0.25) is 9.59 Å². The fourth-order valence-electron chi connectivity index (χ4n) is 5.68. The summed E-state index contributed by atoms with van der Waals surface area (Å²) < 4.78 is 17.8. The maximum atomic E-state index is 14.3. The Bertz CT molecular complexity index is 1810. The number of ether oxygens (including phenoxy) is 3. The minimum absolute atomic E-state index is 0.101. The van der Waals surface area contributed by atoms with E-state index in [2.05, 4.69) is 5.32 Å². The van der Waals surface area contributed by atoms with Crippen molar-refractivity contribution in [3.05, 3.63) is 94.5 Å². The normalized spacial score (nSPS) is 16.5. The maximum Gasteiger partial charge on any atom is 0.336 e. The lowest BCUT2D eigenvalue weighted by molar-refractivity contribution is -0.136. The van der Waals surface area contributed by atoms with Crippen LogP contribution in [0.15, 0.2) is 72.8 Å². The van der Waals surface area contributed by atoms with Crippen molar-refractivity contribution in [1.29, 1.82) is 0 Å². The molecular weight excluding hydrogens is 612 g/mol. The summed E-state index contributed by atoms with van der Waals surface area (Å²) in [5.41, 5.74) is 1.44. The van der Waals surface area contributed by atoms with Gasteiger partial charge in [-0.1, -0.05) is 61.8 Å². The van der Waals surface area contributed by atoms with Crippen LogP contribution in [0.4, 0.5) is 11.4 Å². The van der Waals surface area contributed by atoms with Crippen LogP contribution in [-0.4, -0.2) is 61.5 Å². The van der Waals surface area contributed by atoms with Gasteiger partial charge in [0.2, 0.25) is 5.91 Å². The van der Waals surface area contributed by atoms with Gasteiger partial charge in [-0.2, -0.15) is 0 Å². The maximum absolute atomic E-state index is 14.3. The molecule has 0 bridgehead atoms. The summed E-state index contributed by atoms with van der Waals surface area (Å²) in [4.78, 5) is 41.3. The van der Waals surface area contributed by atoms with Crippen molar-refractivity contribution in [3.8, 4) is 11.5 Å². The first-order valence-corrected chi connectivity index (χ1v) is 15.0. The second-order valence-corrected chi connectivity index (χ2v) is 12.2. The van der Waals surface area contributed by atoms with E-state index >= 15 is 0 Å². The van der Waals surface area contributed by atoms with Crippen LogP contribution in [0.25, 0.3) is 10.8 Å². The number of nitrogens with one attached hydrogen (secondary N) is 1. The second-order valence-electron chi connectivity index (χ2n) is 11.8. The molecule has 0 radical (unpaired) electrons. The number of carboxylic acids is 1. The molecule has 4 aromatic rings. The molecule has 0 aromatic heterocycles. The molecule has 0 fully saturated rings. The number of para-hydroxylation sites is 1. The van der Waals surface area contributed by atoms with Gasteiger partial charge in [0, 0.05) is 51.5 Å². The molecule has 3 N–H and O–H groups in total. The highest BCUT2D eigenvalue weighted by Crippen LogP contribution is 2.45. The lowest BCUT2D eigenvalue weighted by Gasteiger charge is -2.32. The molecule has 2 atom stereocenters. The van der Waals surface area contributed by atoms with Crippen molar-refractivity contribution in [2.24, 2.45) is 5.41 Å². The first kappa shape index (κ1) is 32.7. The molecule has 10 nitrogen and oxygen atoms in total. The number of hydrogen-bond acceptors (Lipinski definition) is 7. The van der Waals surface area contributed by atoms with E-state index in [4.69, 9.17) is 25.8 Å². The number of aromatic carboxylic acids is 1. The number of carboxylic acid groups (broad SMARTS) is 1. The van der Waals surface area contributed by atoms with Crippen molar-refractivity contribution < 1.29 is 38.8 Å². The number of hydrogen-bond donors (Lipinski definition) is 3. The van der Waals surface area contributed by atoms with Gasteiger partial charge in [0.05, 0.1) is 26.2 Å². The fraction of sp³-hybridized carbons (Fsp3) is 0.286. The summed E-state index contributed by atoms with van der Waals surface area (Å²) in [5.74, 6) is -1.24. The predicted molar refractivity (Wildman–Crippen MR) is 175 cm³/mol. The first-order chi connectivity index (χ1) is 22.0. The monoisotopic (exact) mass is 646 g/mol. The Kier molecular flexibility index (Phi) is 9.52. The highest BCUT2D eigenvalue weighted by atomic mass is 35.5. The van der Waals surface area contributed by atoms with E-state index < -0.39 is 35.4 Å². The summed E-state index contributed by atoms with van der Waals surface area (Å²) in [7, 11) is 3.02. The van der Waals surface area contributed by atoms with Gasteiger partial charge in [-0.25, -0.2) is 4.79 Å². The molecule has 2 amide bonds. The molecule has 1 aliphatic rings. The number of benzene rings is 4. The number of amides is 2. The molecule has 1 heterocycles. The van der Waals surface area contributed by atoms with Gasteiger partial charge in [0.15, 0.2) is 11.5 Å². The van der Waals surface area contributed by atoms with Crippen LogP contribution >= 0.6 is 11.6 Å². The van der Waals surface area contributed by atoms with E-state index in [0.717, 1.165) is 0 Å². The van der Waals surface area contributed by atoms with Crippen LogP contribution in [0.1, 0.15) is 47.9 Å². The van der Waals surface area contributed by atoms with Gasteiger partial charge in [-0.05, 0) is 41.8 Å². The molecule has 240 valence electrons. The number of aliphatic hydroxyl groups is 1. The number of carbonyl (C=O) groups excluding carboxylic acids is 2. The molecule has 0 saturated carbocycles. The molecule has 1 aliphatic heterocycles. The number of fused-ring (bicyclic) bond motifs is 2. The fourth-order valence-corrected chi connectivity index (χ4v) is 5.86. The number of nitrogens with zero attached hydrogens (tertiary/aromatic N) is 1. The highest BCUT2D eigenvalue weighted by Gasteiger charge is 2.40. The largest absolute Gasteiger partial charge is 0.493 e. The average Bonchev–Trinajstić information content (AvgIpc) is 3.14. The Morgan fingerprint density at radius 1 is 0.978 bits per heavy atom. The van der Waals surface area contributed by atoms with E-state index in [-0.39, 0.29) is 25.1 Å². The zero-order valence-corrected chi connectivity index (χ0v) is 26.6. The number of halogens is 1. The molecular formula is C35H35ClN2O8. The Hall–Kier alpha value is -4.64. The van der Waals surface area contributed by atoms with Gasteiger partial charge >= 0.3 is 5.97 Å². The van der Waals surface area contributed by atoms with Crippen LogP contribution < -0.4 is 19.7 Å². The smallest absolute Gasteiger partial charge is 0.336 e. The molecule has 2 unspecified atom stereocenters. The minimum Gasteiger partial charge on any atom is -0.493 e. The van der Waals surface area contributed by atoms with E-state index in [9.17, 15) is 24.6 Å². The second kappa shape index (κ2) is 13.4. The van der Waals surface area contributed by atoms with Crippen LogP contribution in [0, 0.1) is 5.41 Å². The zero-order chi connectivity index (χ0) is 33.2. The molecule has 5 rings (SSSR count). The van der Waals surface area contributed by atoms with Crippen molar-refractivity contribution in [2.45, 2.75) is 32.5 Å². The Morgan fingerprint density at radius 3 is 2.39 bits per heavy atom. The van der Waals surface area contributed by atoms with Gasteiger partial charge in [0.1, 0.15) is 12.2 Å². The zero-order valence-electron chi connectivity index (χ0n) is 25.9. The van der Waals surface area contributed by atoms with E-state index in [1.165, 1.54) is 25.2 Å². The first-order valence-electron chi connectivity index (χ1n) is 14.6. The summed E-state index contributed by atoms with van der Waals surface area (Å²) >= 11 is 6.49. The summed E-state index contributed by atoms with van der Waals surface area (Å²) in [6.45, 7) is 3.59. The number of rotatable bonds is 10. The van der Waals surface area contributed by atoms with Gasteiger partial charge < -0.3 is 34.6 Å². The molecule has 46 heavy (non-hydrogen) atoms. The predicted octanol–water partition coefficient (Wildman–Crippen LogP) is 6.08. The summed E-state index contributed by atoms with van der Waals surface area (Å²) in [6.07, 6.45) is -2.54. The summed E-state index contributed by atoms with van der Waals surface area (Å²) in [6, 6.07) is 20.2. The summed E-state index contributed by atoms with van der Waals surface area (Å²) in [5, 5.41) is 24.0. The Labute approximate surface area is 271 Å². The van der Waals surface area contributed by atoms with E-state index in [0.29, 0.717) is 49.8 Å². The standard InChI is InChI=1S/C35H35ClN2O8/c1-35(2,19-39)18-38-27-15-14-20(36)16-25(27)31(24-11-7-13-28(44-3)32(24)45-4)46-29(33(38)41)17-30(40)37-26-12-6-8-21-22(26)9-5-10-23(21)34(42)43/h5-16,29,31,39H,17-19H2,1-4H3,(H,37,40)(H,42,43).